The topological polar surface area (TPSA) is 68.1 Å². The molecule has 23 heavy (non-hydrogen) atoms. The molecular weight excluding hydrogens is 310 g/mol. The molecule has 0 amide bonds. The third kappa shape index (κ3) is 3.37. The molecule has 0 unspecified atom stereocenters. The highest BCUT2D eigenvalue weighted by atomic mass is 32.1. The SMILES string of the molecule is Cc1ccc(-c2nc(Nc3cccc([N+](=O)[O-])c3)sc2C)cc1. The zero-order valence-electron chi connectivity index (χ0n) is 12.7. The van der Waals surface area contributed by atoms with Gasteiger partial charge in [0.25, 0.3) is 5.69 Å². The number of nitrogens with one attached hydrogen (secondary N) is 1. The Morgan fingerprint density at radius 2 is 1.87 bits per heavy atom. The van der Waals surface area contributed by atoms with Crippen LogP contribution in [-0.2, 0) is 0 Å². The van der Waals surface area contributed by atoms with E-state index in [2.05, 4.69) is 34.6 Å². The number of hydrogen-bond acceptors (Lipinski definition) is 5. The second-order valence-electron chi connectivity index (χ2n) is 5.22. The van der Waals surface area contributed by atoms with Crippen LogP contribution in [-0.4, -0.2) is 9.91 Å². The van der Waals surface area contributed by atoms with Crippen LogP contribution in [0.25, 0.3) is 11.3 Å². The zero-order chi connectivity index (χ0) is 16.4. The summed E-state index contributed by atoms with van der Waals surface area (Å²) in [5, 5.41) is 14.7. The Balaban J connectivity index is 1.88. The average Bonchev–Trinajstić information content (AvgIpc) is 2.89. The van der Waals surface area contributed by atoms with E-state index in [1.807, 2.05) is 13.8 Å². The minimum atomic E-state index is -0.407. The highest BCUT2D eigenvalue weighted by molar-refractivity contribution is 7.16. The molecule has 0 fully saturated rings. The van der Waals surface area contributed by atoms with Gasteiger partial charge in [0, 0.05) is 28.3 Å². The second-order valence-corrected chi connectivity index (χ2v) is 6.43. The fourth-order valence-corrected chi connectivity index (χ4v) is 3.11. The molecule has 0 aliphatic carbocycles. The molecule has 0 saturated heterocycles. The Morgan fingerprint density at radius 1 is 1.13 bits per heavy atom. The number of anilines is 2. The van der Waals surface area contributed by atoms with Crippen LogP contribution < -0.4 is 5.32 Å². The van der Waals surface area contributed by atoms with Crippen molar-refractivity contribution in [3.05, 3.63) is 69.1 Å². The van der Waals surface area contributed by atoms with Crippen molar-refractivity contribution < 1.29 is 4.92 Å². The molecule has 0 aliphatic heterocycles. The van der Waals surface area contributed by atoms with Crippen molar-refractivity contribution in [3.63, 3.8) is 0 Å². The van der Waals surface area contributed by atoms with Gasteiger partial charge in [-0.05, 0) is 19.9 Å². The molecule has 2 aromatic carbocycles. The van der Waals surface area contributed by atoms with Gasteiger partial charge in [0.05, 0.1) is 10.6 Å². The quantitative estimate of drug-likeness (QED) is 0.536. The molecule has 1 heterocycles. The number of nitro groups is 1. The molecule has 5 nitrogen and oxygen atoms in total. The Labute approximate surface area is 137 Å². The Morgan fingerprint density at radius 3 is 2.57 bits per heavy atom. The standard InChI is InChI=1S/C17H15N3O2S/c1-11-6-8-13(9-7-11)16-12(2)23-17(19-16)18-14-4-3-5-15(10-14)20(21)22/h3-10H,1-2H3,(H,18,19). The highest BCUT2D eigenvalue weighted by Crippen LogP contribution is 2.32. The van der Waals surface area contributed by atoms with E-state index in [4.69, 9.17) is 0 Å². The fraction of sp³-hybridized carbons (Fsp3) is 0.118. The first kappa shape index (κ1) is 15.2. The Bertz CT molecular complexity index is 857. The Kier molecular flexibility index (Phi) is 4.08. The summed E-state index contributed by atoms with van der Waals surface area (Å²) < 4.78 is 0. The lowest BCUT2D eigenvalue weighted by atomic mass is 10.1. The summed E-state index contributed by atoms with van der Waals surface area (Å²) in [6, 6.07) is 14.6. The van der Waals surface area contributed by atoms with Gasteiger partial charge in [-0.25, -0.2) is 4.98 Å². The number of nitrogens with zero attached hydrogens (tertiary/aromatic N) is 2. The minimum Gasteiger partial charge on any atom is -0.331 e. The number of aromatic nitrogens is 1. The summed E-state index contributed by atoms with van der Waals surface area (Å²) in [6.45, 7) is 4.07. The molecule has 0 spiro atoms. The third-order valence-corrected chi connectivity index (χ3v) is 4.32. The van der Waals surface area contributed by atoms with Crippen molar-refractivity contribution in [1.82, 2.24) is 4.98 Å². The van der Waals surface area contributed by atoms with Gasteiger partial charge in [0.15, 0.2) is 5.13 Å². The first-order valence-corrected chi connectivity index (χ1v) is 7.90. The van der Waals surface area contributed by atoms with Gasteiger partial charge in [-0.1, -0.05) is 35.9 Å². The van der Waals surface area contributed by atoms with Crippen molar-refractivity contribution in [3.8, 4) is 11.3 Å². The molecule has 0 bridgehead atoms. The van der Waals surface area contributed by atoms with Gasteiger partial charge in [0.1, 0.15) is 0 Å². The number of rotatable bonds is 4. The first-order chi connectivity index (χ1) is 11.0. The normalized spacial score (nSPS) is 10.5. The van der Waals surface area contributed by atoms with Crippen molar-refractivity contribution in [1.29, 1.82) is 0 Å². The number of hydrogen-bond donors (Lipinski definition) is 1. The molecule has 1 aromatic heterocycles. The summed E-state index contributed by atoms with van der Waals surface area (Å²) in [6.07, 6.45) is 0. The Hall–Kier alpha value is -2.73. The van der Waals surface area contributed by atoms with Crippen LogP contribution in [0, 0.1) is 24.0 Å². The van der Waals surface area contributed by atoms with Crippen molar-refractivity contribution in [2.24, 2.45) is 0 Å². The lowest BCUT2D eigenvalue weighted by Crippen LogP contribution is -1.92. The summed E-state index contributed by atoms with van der Waals surface area (Å²) in [5.41, 5.74) is 3.92. The molecular formula is C17H15N3O2S. The lowest BCUT2D eigenvalue weighted by Gasteiger charge is -2.02. The number of non-ortho nitro benzene ring substituents is 1. The van der Waals surface area contributed by atoms with Crippen LogP contribution in [0.5, 0.6) is 0 Å². The van der Waals surface area contributed by atoms with Crippen LogP contribution in [0.3, 0.4) is 0 Å². The molecule has 0 radical (unpaired) electrons. The summed E-state index contributed by atoms with van der Waals surface area (Å²) in [7, 11) is 0. The van der Waals surface area contributed by atoms with E-state index in [0.717, 1.165) is 21.3 Å². The second kappa shape index (κ2) is 6.18. The van der Waals surface area contributed by atoms with E-state index in [-0.39, 0.29) is 5.69 Å². The van der Waals surface area contributed by atoms with Gasteiger partial charge in [-0.2, -0.15) is 0 Å². The zero-order valence-corrected chi connectivity index (χ0v) is 13.6. The monoisotopic (exact) mass is 325 g/mol. The largest absolute Gasteiger partial charge is 0.331 e. The third-order valence-electron chi connectivity index (χ3n) is 3.43. The number of nitro benzene ring substituents is 1. The molecule has 0 saturated carbocycles. The van der Waals surface area contributed by atoms with Gasteiger partial charge in [0.2, 0.25) is 0 Å². The molecule has 1 N–H and O–H groups in total. The van der Waals surface area contributed by atoms with Crippen LogP contribution >= 0.6 is 11.3 Å². The summed E-state index contributed by atoms with van der Waals surface area (Å²) >= 11 is 1.53. The smallest absolute Gasteiger partial charge is 0.271 e. The van der Waals surface area contributed by atoms with E-state index in [1.54, 1.807) is 12.1 Å². The number of thiazole rings is 1. The average molecular weight is 325 g/mol. The highest BCUT2D eigenvalue weighted by Gasteiger charge is 2.11. The van der Waals surface area contributed by atoms with Gasteiger partial charge in [-0.15, -0.1) is 11.3 Å². The summed E-state index contributed by atoms with van der Waals surface area (Å²) in [4.78, 5) is 16.2. The maximum atomic E-state index is 10.8. The molecule has 3 aromatic rings. The summed E-state index contributed by atoms with van der Waals surface area (Å²) in [5.74, 6) is 0. The molecule has 6 heteroatoms. The first-order valence-electron chi connectivity index (χ1n) is 7.09. The van der Waals surface area contributed by atoms with E-state index >= 15 is 0 Å². The predicted octanol–water partition coefficient (Wildman–Crippen LogP) is 5.08. The van der Waals surface area contributed by atoms with E-state index in [9.17, 15) is 10.1 Å². The molecule has 3 rings (SSSR count). The van der Waals surface area contributed by atoms with Crippen LogP contribution in [0.4, 0.5) is 16.5 Å². The maximum Gasteiger partial charge on any atom is 0.271 e. The van der Waals surface area contributed by atoms with Crippen molar-refractivity contribution in [2.75, 3.05) is 5.32 Å². The predicted molar refractivity (Wildman–Crippen MR) is 93.4 cm³/mol. The van der Waals surface area contributed by atoms with Crippen molar-refractivity contribution in [2.45, 2.75) is 13.8 Å². The van der Waals surface area contributed by atoms with E-state index < -0.39 is 4.92 Å². The number of aryl methyl sites for hydroxylation is 2. The molecule has 116 valence electrons. The lowest BCUT2D eigenvalue weighted by molar-refractivity contribution is -0.384. The molecule has 0 atom stereocenters. The molecule has 0 aliphatic rings. The van der Waals surface area contributed by atoms with Crippen molar-refractivity contribution >= 4 is 27.8 Å². The van der Waals surface area contributed by atoms with Crippen LogP contribution in [0.15, 0.2) is 48.5 Å². The minimum absolute atomic E-state index is 0.0574. The van der Waals surface area contributed by atoms with Crippen LogP contribution in [0.2, 0.25) is 0 Å². The van der Waals surface area contributed by atoms with Gasteiger partial charge in [-0.3, -0.25) is 10.1 Å². The maximum absolute atomic E-state index is 10.8. The number of benzene rings is 2. The fourth-order valence-electron chi connectivity index (χ4n) is 2.25. The van der Waals surface area contributed by atoms with E-state index in [1.165, 1.54) is 29.0 Å². The van der Waals surface area contributed by atoms with Crippen LogP contribution in [0.1, 0.15) is 10.4 Å². The van der Waals surface area contributed by atoms with Gasteiger partial charge < -0.3 is 5.32 Å². The van der Waals surface area contributed by atoms with E-state index in [0.29, 0.717) is 5.69 Å². The van der Waals surface area contributed by atoms with Gasteiger partial charge >= 0.3 is 0 Å².